The van der Waals surface area contributed by atoms with Crippen molar-refractivity contribution < 1.29 is 9.47 Å². The minimum atomic E-state index is 0.213. The van der Waals surface area contributed by atoms with Crippen LogP contribution in [-0.4, -0.2) is 28.6 Å². The molecule has 0 aliphatic carbocycles. The molecule has 0 fully saturated rings. The molecule has 2 rings (SSSR count). The number of aryl methyl sites for hydroxylation is 1. The summed E-state index contributed by atoms with van der Waals surface area (Å²) in [6, 6.07) is 8.11. The summed E-state index contributed by atoms with van der Waals surface area (Å²) >= 11 is 0. The molecule has 0 amide bonds. The van der Waals surface area contributed by atoms with Crippen molar-refractivity contribution in [2.45, 2.75) is 20.3 Å². The van der Waals surface area contributed by atoms with E-state index in [4.69, 9.17) is 9.47 Å². The number of nitrogens with zero attached hydrogens (tertiary/aromatic N) is 3. The number of rotatable bonds is 6. The first-order valence-corrected chi connectivity index (χ1v) is 6.50. The van der Waals surface area contributed by atoms with Crippen LogP contribution in [0.25, 0.3) is 0 Å². The average Bonchev–Trinajstić information content (AvgIpc) is 2.47. The summed E-state index contributed by atoms with van der Waals surface area (Å²) in [4.78, 5) is 12.4. The van der Waals surface area contributed by atoms with Gasteiger partial charge in [0.15, 0.2) is 0 Å². The Morgan fingerprint density at radius 1 is 1.10 bits per heavy atom. The fourth-order valence-electron chi connectivity index (χ4n) is 1.56. The molecule has 1 heterocycles. The lowest BCUT2D eigenvalue weighted by atomic mass is 10.2. The molecule has 0 saturated heterocycles. The molecular weight excluding hydrogens is 256 g/mol. The molecule has 0 aliphatic heterocycles. The Morgan fingerprint density at radius 2 is 1.85 bits per heavy atom. The number of methoxy groups -OCH3 is 1. The van der Waals surface area contributed by atoms with Crippen LogP contribution in [-0.2, 0) is 0 Å². The summed E-state index contributed by atoms with van der Waals surface area (Å²) in [7, 11) is 1.51. The van der Waals surface area contributed by atoms with E-state index < -0.39 is 0 Å². The highest BCUT2D eigenvalue weighted by molar-refractivity contribution is 5.35. The number of para-hydroxylation sites is 1. The number of nitrogens with one attached hydrogen (secondary N) is 1. The molecule has 2 aromatic rings. The van der Waals surface area contributed by atoms with E-state index in [0.717, 1.165) is 18.5 Å². The normalized spacial score (nSPS) is 10.2. The first kappa shape index (κ1) is 14.0. The quantitative estimate of drug-likeness (QED) is 0.873. The van der Waals surface area contributed by atoms with E-state index in [9.17, 15) is 0 Å². The van der Waals surface area contributed by atoms with Crippen molar-refractivity contribution in [3.63, 3.8) is 0 Å². The van der Waals surface area contributed by atoms with Gasteiger partial charge in [-0.05, 0) is 25.0 Å². The largest absolute Gasteiger partial charge is 0.467 e. The molecule has 1 aromatic carbocycles. The number of hydrogen-bond donors (Lipinski definition) is 1. The van der Waals surface area contributed by atoms with Gasteiger partial charge in [0, 0.05) is 6.54 Å². The Balaban J connectivity index is 2.24. The van der Waals surface area contributed by atoms with Crippen LogP contribution in [0.1, 0.15) is 18.9 Å². The van der Waals surface area contributed by atoms with Crippen molar-refractivity contribution in [1.29, 1.82) is 0 Å². The van der Waals surface area contributed by atoms with Gasteiger partial charge in [-0.25, -0.2) is 0 Å². The van der Waals surface area contributed by atoms with Gasteiger partial charge in [-0.2, -0.15) is 9.97 Å². The van der Waals surface area contributed by atoms with Crippen LogP contribution in [0.5, 0.6) is 17.8 Å². The van der Waals surface area contributed by atoms with E-state index in [1.807, 2.05) is 31.2 Å². The maximum Gasteiger partial charge on any atom is 0.330 e. The fourth-order valence-corrected chi connectivity index (χ4v) is 1.56. The minimum absolute atomic E-state index is 0.213. The molecule has 1 aromatic heterocycles. The summed E-state index contributed by atoms with van der Waals surface area (Å²) < 4.78 is 10.8. The van der Waals surface area contributed by atoms with Gasteiger partial charge >= 0.3 is 12.0 Å². The summed E-state index contributed by atoms with van der Waals surface area (Å²) in [6.07, 6.45) is 0.974. The Kier molecular flexibility index (Phi) is 4.70. The van der Waals surface area contributed by atoms with E-state index in [1.165, 1.54) is 7.11 Å². The highest BCUT2D eigenvalue weighted by atomic mass is 16.5. The first-order valence-electron chi connectivity index (χ1n) is 6.50. The molecule has 0 saturated carbocycles. The SMILES string of the molecule is CCCNc1nc(OC)nc(Oc2ccccc2C)n1. The van der Waals surface area contributed by atoms with Gasteiger partial charge in [0.25, 0.3) is 0 Å². The lowest BCUT2D eigenvalue weighted by Gasteiger charge is -2.09. The second kappa shape index (κ2) is 6.70. The lowest BCUT2D eigenvalue weighted by molar-refractivity contribution is 0.359. The second-order valence-corrected chi connectivity index (χ2v) is 4.22. The smallest absolute Gasteiger partial charge is 0.330 e. The van der Waals surface area contributed by atoms with Crippen LogP contribution in [0.4, 0.5) is 5.95 Å². The van der Waals surface area contributed by atoms with E-state index in [2.05, 4.69) is 27.2 Å². The predicted octanol–water partition coefficient (Wildman–Crippen LogP) is 2.80. The van der Waals surface area contributed by atoms with E-state index in [-0.39, 0.29) is 12.0 Å². The average molecular weight is 274 g/mol. The Bertz CT molecular complexity index is 575. The standard InChI is InChI=1S/C14H18N4O2/c1-4-9-15-12-16-13(19-3)18-14(17-12)20-11-8-6-5-7-10(11)2/h5-8H,4,9H2,1-3H3,(H,15,16,17,18). The number of benzene rings is 1. The van der Waals surface area contributed by atoms with Crippen LogP contribution < -0.4 is 14.8 Å². The molecular formula is C14H18N4O2. The van der Waals surface area contributed by atoms with Gasteiger partial charge in [0.1, 0.15) is 5.75 Å². The molecule has 0 aliphatic rings. The molecule has 0 radical (unpaired) electrons. The van der Waals surface area contributed by atoms with Crippen LogP contribution >= 0.6 is 0 Å². The third-order valence-corrected chi connectivity index (χ3v) is 2.60. The van der Waals surface area contributed by atoms with Crippen molar-refractivity contribution in [2.75, 3.05) is 19.0 Å². The minimum Gasteiger partial charge on any atom is -0.467 e. The predicted molar refractivity (Wildman–Crippen MR) is 76.4 cm³/mol. The molecule has 0 unspecified atom stereocenters. The third kappa shape index (κ3) is 3.57. The monoisotopic (exact) mass is 274 g/mol. The number of anilines is 1. The molecule has 6 heteroatoms. The maximum atomic E-state index is 5.69. The van der Waals surface area contributed by atoms with Crippen molar-refractivity contribution in [1.82, 2.24) is 15.0 Å². The van der Waals surface area contributed by atoms with Crippen LogP contribution in [0, 0.1) is 6.92 Å². The van der Waals surface area contributed by atoms with Gasteiger partial charge in [-0.1, -0.05) is 25.1 Å². The summed E-state index contributed by atoms with van der Waals surface area (Å²) in [5.74, 6) is 1.16. The van der Waals surface area contributed by atoms with Crippen molar-refractivity contribution in [3.05, 3.63) is 29.8 Å². The molecule has 6 nitrogen and oxygen atoms in total. The van der Waals surface area contributed by atoms with Crippen LogP contribution in [0.15, 0.2) is 24.3 Å². The molecule has 1 N–H and O–H groups in total. The maximum absolute atomic E-state index is 5.69. The Hall–Kier alpha value is -2.37. The summed E-state index contributed by atoms with van der Waals surface area (Å²) in [6.45, 7) is 4.80. The van der Waals surface area contributed by atoms with Gasteiger partial charge < -0.3 is 14.8 Å². The first-order chi connectivity index (χ1) is 9.72. The van der Waals surface area contributed by atoms with Gasteiger partial charge in [0.2, 0.25) is 5.95 Å². The zero-order valence-corrected chi connectivity index (χ0v) is 11.9. The lowest BCUT2D eigenvalue weighted by Crippen LogP contribution is -2.07. The van der Waals surface area contributed by atoms with E-state index in [0.29, 0.717) is 11.7 Å². The van der Waals surface area contributed by atoms with Gasteiger partial charge in [0.05, 0.1) is 7.11 Å². The zero-order chi connectivity index (χ0) is 14.4. The Labute approximate surface area is 118 Å². The highest BCUT2D eigenvalue weighted by Gasteiger charge is 2.09. The second-order valence-electron chi connectivity index (χ2n) is 4.22. The van der Waals surface area contributed by atoms with Crippen molar-refractivity contribution in [2.24, 2.45) is 0 Å². The van der Waals surface area contributed by atoms with E-state index in [1.54, 1.807) is 0 Å². The molecule has 0 bridgehead atoms. The van der Waals surface area contributed by atoms with Crippen molar-refractivity contribution in [3.8, 4) is 17.8 Å². The van der Waals surface area contributed by atoms with Crippen LogP contribution in [0.3, 0.4) is 0 Å². The van der Waals surface area contributed by atoms with Gasteiger partial charge in [-0.15, -0.1) is 4.98 Å². The summed E-state index contributed by atoms with van der Waals surface area (Å²) in [5.41, 5.74) is 1.01. The summed E-state index contributed by atoms with van der Waals surface area (Å²) in [5, 5.41) is 3.09. The topological polar surface area (TPSA) is 69.2 Å². The number of aromatic nitrogens is 3. The zero-order valence-electron chi connectivity index (χ0n) is 11.9. The molecule has 0 atom stereocenters. The van der Waals surface area contributed by atoms with Crippen molar-refractivity contribution >= 4 is 5.95 Å². The number of hydrogen-bond acceptors (Lipinski definition) is 6. The molecule has 106 valence electrons. The van der Waals surface area contributed by atoms with Gasteiger partial charge in [-0.3, -0.25) is 0 Å². The van der Waals surface area contributed by atoms with E-state index >= 15 is 0 Å². The Morgan fingerprint density at radius 3 is 2.55 bits per heavy atom. The molecule has 0 spiro atoms. The molecule has 20 heavy (non-hydrogen) atoms. The fraction of sp³-hybridized carbons (Fsp3) is 0.357. The highest BCUT2D eigenvalue weighted by Crippen LogP contribution is 2.23. The van der Waals surface area contributed by atoms with Crippen LogP contribution in [0.2, 0.25) is 0 Å². The third-order valence-electron chi connectivity index (χ3n) is 2.60. The number of ether oxygens (including phenoxy) is 2.